The number of aliphatic hydroxyl groups is 4. The van der Waals surface area contributed by atoms with Crippen molar-refractivity contribution in [3.05, 3.63) is 0 Å². The number of aliphatic hydroxyl groups excluding tert-OH is 4. The SMILES string of the molecule is CC(=O)NC1C(OCCCCC(=O)N2C[C@H](O)C[C@H]2CO[P+](=O)[O-])OC(CO)C(O)C1O. The molecule has 0 aromatic rings. The van der Waals surface area contributed by atoms with Crippen LogP contribution in [0.15, 0.2) is 0 Å². The number of hydrogen-bond donors (Lipinski definition) is 5. The van der Waals surface area contributed by atoms with Crippen LogP contribution in [0.25, 0.3) is 0 Å². The number of rotatable bonds is 11. The maximum Gasteiger partial charge on any atom is 0.488 e. The first kappa shape index (κ1) is 27.0. The van der Waals surface area contributed by atoms with Gasteiger partial charge in [0.05, 0.1) is 18.8 Å². The van der Waals surface area contributed by atoms with Gasteiger partial charge in [-0.1, -0.05) is 0 Å². The fraction of sp³-hybridized carbons (Fsp3) is 0.889. The summed E-state index contributed by atoms with van der Waals surface area (Å²) in [5.41, 5.74) is 0. The van der Waals surface area contributed by atoms with Crippen LogP contribution in [0.2, 0.25) is 0 Å². The molecule has 8 atom stereocenters. The molecule has 2 amide bonds. The number of hydrogen-bond acceptors (Lipinski definition) is 11. The Morgan fingerprint density at radius 1 is 1.25 bits per heavy atom. The molecule has 5 N–H and O–H groups in total. The van der Waals surface area contributed by atoms with E-state index in [1.54, 1.807) is 0 Å². The van der Waals surface area contributed by atoms with Crippen LogP contribution in [0, 0.1) is 0 Å². The molecule has 0 bridgehead atoms. The van der Waals surface area contributed by atoms with Gasteiger partial charge in [0, 0.05) is 26.5 Å². The fourth-order valence-electron chi connectivity index (χ4n) is 3.84. The molecule has 0 aromatic heterocycles. The van der Waals surface area contributed by atoms with E-state index in [9.17, 15) is 39.5 Å². The normalized spacial score (nSPS) is 33.2. The Labute approximate surface area is 186 Å². The molecule has 13 nitrogen and oxygen atoms in total. The minimum Gasteiger partial charge on any atom is -0.566 e. The summed E-state index contributed by atoms with van der Waals surface area (Å²) in [6.07, 6.45) is -4.51. The number of likely N-dealkylation sites (tertiary alicyclic amines) is 1. The van der Waals surface area contributed by atoms with E-state index in [1.807, 2.05) is 0 Å². The van der Waals surface area contributed by atoms with Gasteiger partial charge in [-0.2, -0.15) is 0 Å². The Morgan fingerprint density at radius 2 is 1.97 bits per heavy atom. The van der Waals surface area contributed by atoms with Crippen molar-refractivity contribution in [1.82, 2.24) is 10.2 Å². The molecule has 0 spiro atoms. The highest BCUT2D eigenvalue weighted by Gasteiger charge is 2.45. The molecule has 184 valence electrons. The van der Waals surface area contributed by atoms with Gasteiger partial charge in [0.1, 0.15) is 31.0 Å². The second-order valence-corrected chi connectivity index (χ2v) is 8.58. The first-order chi connectivity index (χ1) is 15.1. The molecule has 2 rings (SSSR count). The monoisotopic (exact) mass is 482 g/mol. The maximum absolute atomic E-state index is 12.5. The third-order valence-corrected chi connectivity index (χ3v) is 5.76. The Kier molecular flexibility index (Phi) is 10.8. The largest absolute Gasteiger partial charge is 0.566 e. The molecule has 0 saturated carbocycles. The molecule has 2 saturated heterocycles. The highest BCUT2D eigenvalue weighted by Crippen LogP contribution is 2.24. The Balaban J connectivity index is 1.79. The van der Waals surface area contributed by atoms with E-state index in [1.165, 1.54) is 11.8 Å². The second kappa shape index (κ2) is 12.8. The fourth-order valence-corrected chi connectivity index (χ4v) is 4.13. The zero-order valence-corrected chi connectivity index (χ0v) is 18.6. The summed E-state index contributed by atoms with van der Waals surface area (Å²) in [6, 6.07) is -1.55. The Bertz CT molecular complexity index is 654. The number of ether oxygens (including phenoxy) is 2. The highest BCUT2D eigenvalue weighted by molar-refractivity contribution is 7.30. The van der Waals surface area contributed by atoms with E-state index in [0.29, 0.717) is 12.8 Å². The zero-order valence-electron chi connectivity index (χ0n) is 17.7. The predicted octanol–water partition coefficient (Wildman–Crippen LogP) is -2.89. The third kappa shape index (κ3) is 7.65. The number of β-amino-alcohol motifs (C(OH)–C–C–N with tert-alkyl or cyclic N) is 1. The smallest absolute Gasteiger partial charge is 0.488 e. The van der Waals surface area contributed by atoms with Crippen molar-refractivity contribution in [2.75, 3.05) is 26.4 Å². The summed E-state index contributed by atoms with van der Waals surface area (Å²) in [7, 11) is -3.04. The predicted molar refractivity (Wildman–Crippen MR) is 105 cm³/mol. The van der Waals surface area contributed by atoms with Gasteiger partial charge in [0.15, 0.2) is 6.29 Å². The number of nitrogens with zero attached hydrogens (tertiary/aromatic N) is 1. The molecule has 14 heteroatoms. The van der Waals surface area contributed by atoms with Gasteiger partial charge < -0.3 is 45.0 Å². The minimum atomic E-state index is -3.04. The van der Waals surface area contributed by atoms with Crippen LogP contribution in [-0.2, 0) is 28.2 Å². The van der Waals surface area contributed by atoms with Crippen LogP contribution in [-0.4, -0.2) is 106 Å². The molecular formula is C18H31N2O11P. The molecule has 0 aromatic carbocycles. The van der Waals surface area contributed by atoms with E-state index in [-0.39, 0.29) is 38.5 Å². The lowest BCUT2D eigenvalue weighted by molar-refractivity contribution is -0.270. The van der Waals surface area contributed by atoms with Gasteiger partial charge in [-0.15, -0.1) is 4.52 Å². The van der Waals surface area contributed by atoms with Gasteiger partial charge in [0.25, 0.3) is 0 Å². The minimum absolute atomic E-state index is 0.107. The summed E-state index contributed by atoms with van der Waals surface area (Å²) in [4.78, 5) is 35.9. The van der Waals surface area contributed by atoms with E-state index >= 15 is 0 Å². The van der Waals surface area contributed by atoms with E-state index in [2.05, 4.69) is 9.84 Å². The molecule has 0 radical (unpaired) electrons. The van der Waals surface area contributed by atoms with Crippen molar-refractivity contribution in [3.8, 4) is 0 Å². The average molecular weight is 482 g/mol. The van der Waals surface area contributed by atoms with Crippen molar-refractivity contribution in [3.63, 3.8) is 0 Å². The van der Waals surface area contributed by atoms with Gasteiger partial charge in [-0.05, 0) is 23.8 Å². The molecule has 0 aliphatic carbocycles. The van der Waals surface area contributed by atoms with Crippen LogP contribution in [0.3, 0.4) is 0 Å². The zero-order chi connectivity index (χ0) is 23.8. The van der Waals surface area contributed by atoms with Gasteiger partial charge in [-0.3, -0.25) is 9.59 Å². The summed E-state index contributed by atoms with van der Waals surface area (Å²) in [6.45, 7) is 0.709. The lowest BCUT2D eigenvalue weighted by Crippen LogP contribution is -2.64. The summed E-state index contributed by atoms with van der Waals surface area (Å²) in [5.74, 6) is -0.709. The van der Waals surface area contributed by atoms with E-state index in [4.69, 9.17) is 9.47 Å². The maximum atomic E-state index is 12.5. The highest BCUT2D eigenvalue weighted by atomic mass is 31.1. The standard InChI is InChI=1S/C18H31N2O11P/c1-10(22)19-15-17(26)16(25)13(8-21)31-18(15)29-5-3-2-4-14(24)20-7-12(23)6-11(20)9-30-32(27)28/h11-13,15-18,21,23,25-26H,2-9H2,1H3,(H,19,22)/t11-,12+,13?,15?,16?,17?,18?/m0/s1. The molecule has 2 fully saturated rings. The number of carbonyl (C=O) groups is 2. The molecule has 2 aliphatic rings. The number of unbranched alkanes of at least 4 members (excludes halogenated alkanes) is 1. The third-order valence-electron chi connectivity index (χ3n) is 5.40. The summed E-state index contributed by atoms with van der Waals surface area (Å²) in [5, 5.41) is 41.8. The first-order valence-electron chi connectivity index (χ1n) is 10.4. The Hall–Kier alpha value is -1.28. The molecular weight excluding hydrogens is 451 g/mol. The van der Waals surface area contributed by atoms with Gasteiger partial charge in [0.2, 0.25) is 11.8 Å². The molecule has 2 heterocycles. The van der Waals surface area contributed by atoms with Crippen LogP contribution in [0.5, 0.6) is 0 Å². The van der Waals surface area contributed by atoms with E-state index < -0.39 is 63.6 Å². The average Bonchev–Trinajstić information content (AvgIpc) is 3.11. The lowest BCUT2D eigenvalue weighted by Gasteiger charge is -2.42. The number of carbonyl (C=O) groups excluding carboxylic acids is 2. The van der Waals surface area contributed by atoms with Gasteiger partial charge in [-0.25, -0.2) is 0 Å². The molecule has 6 unspecified atom stereocenters. The van der Waals surface area contributed by atoms with Crippen LogP contribution in [0.4, 0.5) is 0 Å². The second-order valence-electron chi connectivity index (χ2n) is 7.87. The summed E-state index contributed by atoms with van der Waals surface area (Å²) >= 11 is 0. The van der Waals surface area contributed by atoms with Crippen molar-refractivity contribution in [2.24, 2.45) is 0 Å². The quantitative estimate of drug-likeness (QED) is 0.150. The van der Waals surface area contributed by atoms with Crippen molar-refractivity contribution in [2.45, 2.75) is 75.4 Å². The number of nitrogens with one attached hydrogen (secondary N) is 1. The van der Waals surface area contributed by atoms with Gasteiger partial charge >= 0.3 is 8.25 Å². The van der Waals surface area contributed by atoms with Crippen LogP contribution in [0.1, 0.15) is 32.6 Å². The topological polar surface area (TPSA) is 198 Å². The van der Waals surface area contributed by atoms with Crippen LogP contribution < -0.4 is 10.2 Å². The van der Waals surface area contributed by atoms with Crippen molar-refractivity contribution >= 4 is 20.1 Å². The summed E-state index contributed by atoms with van der Waals surface area (Å²) < 4.78 is 26.2. The van der Waals surface area contributed by atoms with Crippen molar-refractivity contribution < 1.29 is 53.5 Å². The van der Waals surface area contributed by atoms with Crippen LogP contribution >= 0.6 is 8.25 Å². The molecule has 32 heavy (non-hydrogen) atoms. The Morgan fingerprint density at radius 3 is 2.59 bits per heavy atom. The van der Waals surface area contributed by atoms with E-state index in [0.717, 1.165) is 0 Å². The first-order valence-corrected chi connectivity index (χ1v) is 11.5. The lowest BCUT2D eigenvalue weighted by atomic mass is 9.97. The molecule has 2 aliphatic heterocycles. The number of amides is 2. The van der Waals surface area contributed by atoms with Crippen molar-refractivity contribution in [1.29, 1.82) is 0 Å².